The van der Waals surface area contributed by atoms with Crippen LogP contribution in [0, 0.1) is 5.82 Å². The molecule has 0 aliphatic carbocycles. The number of hydrogen-bond acceptors (Lipinski definition) is 3. The van der Waals surface area contributed by atoms with Crippen LogP contribution in [0.15, 0.2) is 12.1 Å². The van der Waals surface area contributed by atoms with Crippen LogP contribution in [0.5, 0.6) is 5.75 Å². The Balaban J connectivity index is 2.35. The van der Waals surface area contributed by atoms with E-state index in [1.807, 2.05) is 0 Å². The van der Waals surface area contributed by atoms with Crippen molar-refractivity contribution in [2.45, 2.75) is 25.8 Å². The second kappa shape index (κ2) is 4.60. The van der Waals surface area contributed by atoms with Gasteiger partial charge in [-0.2, -0.15) is 0 Å². The quantitative estimate of drug-likeness (QED) is 0.810. The molecule has 0 radical (unpaired) electrons. The van der Waals surface area contributed by atoms with E-state index in [1.54, 1.807) is 6.07 Å². The van der Waals surface area contributed by atoms with Crippen LogP contribution in [0.3, 0.4) is 0 Å². The highest BCUT2D eigenvalue weighted by atomic mass is 19.1. The van der Waals surface area contributed by atoms with Crippen molar-refractivity contribution in [2.24, 2.45) is 0 Å². The average molecular weight is 224 g/mol. The minimum absolute atomic E-state index is 0.282. The molecule has 0 fully saturated rings. The summed E-state index contributed by atoms with van der Waals surface area (Å²) < 4.78 is 18.5. The van der Waals surface area contributed by atoms with Crippen LogP contribution in [0.2, 0.25) is 0 Å². The maximum Gasteiger partial charge on any atom is 0.167 e. The van der Waals surface area contributed by atoms with Crippen molar-refractivity contribution in [3.63, 3.8) is 0 Å². The Morgan fingerprint density at radius 1 is 1.44 bits per heavy atom. The molecule has 0 saturated carbocycles. The molecule has 0 amide bonds. The molecule has 0 saturated heterocycles. The zero-order chi connectivity index (χ0) is 11.5. The third-order valence-electron chi connectivity index (χ3n) is 2.95. The summed E-state index contributed by atoms with van der Waals surface area (Å²) in [4.78, 5) is 0. The third-order valence-corrected chi connectivity index (χ3v) is 2.95. The van der Waals surface area contributed by atoms with Crippen molar-refractivity contribution in [2.75, 3.05) is 24.3 Å². The van der Waals surface area contributed by atoms with Crippen molar-refractivity contribution in [3.8, 4) is 5.75 Å². The molecule has 0 aromatic heterocycles. The SMILES string of the molecule is CCC1CCNc2cc(F)c(OC)cc2N1. The number of benzene rings is 1. The van der Waals surface area contributed by atoms with E-state index >= 15 is 0 Å². The number of rotatable bonds is 2. The fourth-order valence-corrected chi connectivity index (χ4v) is 1.95. The minimum Gasteiger partial charge on any atom is -0.494 e. The second-order valence-electron chi connectivity index (χ2n) is 4.00. The van der Waals surface area contributed by atoms with E-state index in [0.717, 1.165) is 30.8 Å². The fraction of sp³-hybridized carbons (Fsp3) is 0.500. The standard InChI is InChI=1S/C12H17FN2O/c1-3-8-4-5-14-10-6-9(13)12(16-2)7-11(10)15-8/h6-8,14-15H,3-5H2,1-2H3. The van der Waals surface area contributed by atoms with Crippen molar-refractivity contribution in [3.05, 3.63) is 17.9 Å². The van der Waals surface area contributed by atoms with Crippen LogP contribution >= 0.6 is 0 Å². The summed E-state index contributed by atoms with van der Waals surface area (Å²) in [5.41, 5.74) is 1.73. The molecule has 1 atom stereocenters. The van der Waals surface area contributed by atoms with Gasteiger partial charge in [0.2, 0.25) is 0 Å². The Morgan fingerprint density at radius 2 is 2.25 bits per heavy atom. The zero-order valence-electron chi connectivity index (χ0n) is 9.64. The average Bonchev–Trinajstić information content (AvgIpc) is 2.49. The van der Waals surface area contributed by atoms with Gasteiger partial charge >= 0.3 is 0 Å². The molecule has 2 N–H and O–H groups in total. The Bertz CT molecular complexity index is 382. The first-order valence-electron chi connectivity index (χ1n) is 5.62. The van der Waals surface area contributed by atoms with Crippen LogP contribution in [-0.2, 0) is 0 Å². The van der Waals surface area contributed by atoms with Crippen molar-refractivity contribution < 1.29 is 9.13 Å². The summed E-state index contributed by atoms with van der Waals surface area (Å²) in [7, 11) is 1.48. The Morgan fingerprint density at radius 3 is 2.94 bits per heavy atom. The molecule has 4 heteroatoms. The Hall–Kier alpha value is -1.45. The largest absolute Gasteiger partial charge is 0.494 e. The maximum absolute atomic E-state index is 13.5. The number of anilines is 2. The van der Waals surface area contributed by atoms with Gasteiger partial charge in [-0.25, -0.2) is 4.39 Å². The summed E-state index contributed by atoms with van der Waals surface area (Å²) in [6.45, 7) is 3.01. The van der Waals surface area contributed by atoms with Crippen molar-refractivity contribution in [1.82, 2.24) is 0 Å². The van der Waals surface area contributed by atoms with E-state index in [-0.39, 0.29) is 11.6 Å². The van der Waals surface area contributed by atoms with E-state index < -0.39 is 0 Å². The summed E-state index contributed by atoms with van der Waals surface area (Å²) in [6, 6.07) is 3.63. The fourth-order valence-electron chi connectivity index (χ4n) is 1.95. The number of methoxy groups -OCH3 is 1. The number of ether oxygens (including phenoxy) is 1. The van der Waals surface area contributed by atoms with Gasteiger partial charge in [0.1, 0.15) is 0 Å². The smallest absolute Gasteiger partial charge is 0.167 e. The Kier molecular flexibility index (Phi) is 3.17. The van der Waals surface area contributed by atoms with Crippen LogP contribution in [0.1, 0.15) is 19.8 Å². The lowest BCUT2D eigenvalue weighted by molar-refractivity contribution is 0.387. The van der Waals surface area contributed by atoms with E-state index in [0.29, 0.717) is 6.04 Å². The van der Waals surface area contributed by atoms with E-state index in [1.165, 1.54) is 13.2 Å². The van der Waals surface area contributed by atoms with Gasteiger partial charge in [-0.15, -0.1) is 0 Å². The summed E-state index contributed by atoms with van der Waals surface area (Å²) in [6.07, 6.45) is 2.09. The molecule has 2 rings (SSSR count). The summed E-state index contributed by atoms with van der Waals surface area (Å²) in [5.74, 6) is -0.0460. The van der Waals surface area contributed by atoms with E-state index in [2.05, 4.69) is 17.6 Å². The molecular formula is C12H17FN2O. The number of hydrogen-bond donors (Lipinski definition) is 2. The molecule has 88 valence electrons. The van der Waals surface area contributed by atoms with Gasteiger partial charge < -0.3 is 15.4 Å². The molecule has 1 aliphatic heterocycles. The third kappa shape index (κ3) is 2.05. The van der Waals surface area contributed by atoms with Crippen LogP contribution < -0.4 is 15.4 Å². The highest BCUT2D eigenvalue weighted by molar-refractivity contribution is 5.72. The topological polar surface area (TPSA) is 33.3 Å². The zero-order valence-corrected chi connectivity index (χ0v) is 9.64. The first-order valence-corrected chi connectivity index (χ1v) is 5.62. The Labute approximate surface area is 95.0 Å². The van der Waals surface area contributed by atoms with Crippen LogP contribution in [-0.4, -0.2) is 19.7 Å². The van der Waals surface area contributed by atoms with Gasteiger partial charge in [-0.1, -0.05) is 6.92 Å². The normalized spacial score (nSPS) is 19.1. The first kappa shape index (κ1) is 11.0. The molecule has 1 heterocycles. The molecule has 0 spiro atoms. The molecule has 1 aromatic rings. The molecular weight excluding hydrogens is 207 g/mol. The second-order valence-corrected chi connectivity index (χ2v) is 4.00. The molecule has 1 aromatic carbocycles. The van der Waals surface area contributed by atoms with Crippen molar-refractivity contribution >= 4 is 11.4 Å². The number of fused-ring (bicyclic) bond motifs is 1. The lowest BCUT2D eigenvalue weighted by atomic mass is 10.1. The predicted molar refractivity (Wildman–Crippen MR) is 63.8 cm³/mol. The molecule has 1 unspecified atom stereocenters. The van der Waals surface area contributed by atoms with Gasteiger partial charge in [0, 0.05) is 24.7 Å². The van der Waals surface area contributed by atoms with E-state index in [9.17, 15) is 4.39 Å². The number of halogens is 1. The van der Waals surface area contributed by atoms with Gasteiger partial charge in [0.25, 0.3) is 0 Å². The lowest BCUT2D eigenvalue weighted by Crippen LogP contribution is -2.18. The molecule has 0 bridgehead atoms. The van der Waals surface area contributed by atoms with Crippen LogP contribution in [0.25, 0.3) is 0 Å². The van der Waals surface area contributed by atoms with Gasteiger partial charge in [-0.3, -0.25) is 0 Å². The highest BCUT2D eigenvalue weighted by Gasteiger charge is 2.16. The first-order chi connectivity index (χ1) is 7.74. The van der Waals surface area contributed by atoms with E-state index in [4.69, 9.17) is 4.74 Å². The minimum atomic E-state index is -0.328. The highest BCUT2D eigenvalue weighted by Crippen LogP contribution is 2.32. The summed E-state index contributed by atoms with van der Waals surface area (Å²) >= 11 is 0. The monoisotopic (exact) mass is 224 g/mol. The molecule has 1 aliphatic rings. The van der Waals surface area contributed by atoms with Crippen molar-refractivity contribution in [1.29, 1.82) is 0 Å². The maximum atomic E-state index is 13.5. The number of nitrogens with one attached hydrogen (secondary N) is 2. The summed E-state index contributed by atoms with van der Waals surface area (Å²) in [5, 5.41) is 6.63. The molecule has 16 heavy (non-hydrogen) atoms. The lowest BCUT2D eigenvalue weighted by Gasteiger charge is -2.16. The predicted octanol–water partition coefficient (Wildman–Crippen LogP) is 2.84. The molecule has 3 nitrogen and oxygen atoms in total. The van der Waals surface area contributed by atoms with Gasteiger partial charge in [0.05, 0.1) is 18.5 Å². The van der Waals surface area contributed by atoms with Gasteiger partial charge in [0.15, 0.2) is 11.6 Å². The van der Waals surface area contributed by atoms with Crippen LogP contribution in [0.4, 0.5) is 15.8 Å². The van der Waals surface area contributed by atoms with Gasteiger partial charge in [-0.05, 0) is 12.8 Å².